The van der Waals surface area contributed by atoms with Crippen LogP contribution in [0.15, 0.2) is 48.5 Å². The third kappa shape index (κ3) is 6.60. The van der Waals surface area contributed by atoms with E-state index in [0.717, 1.165) is 17.9 Å². The number of carbonyl (C=O) groups excluding carboxylic acids is 1. The Hall–Kier alpha value is -2.20. The van der Waals surface area contributed by atoms with Crippen molar-refractivity contribution in [2.45, 2.75) is 20.3 Å². The standard InChI is InChI=1S/C21H26ClNO3/c1-16(2)12-14-25-19-8-4-17(5-9-19)21(24)23(3)13-15-26-20-10-6-18(22)7-11-20/h4-11,16H,12-15H2,1-3H3. The Morgan fingerprint density at radius 1 is 0.962 bits per heavy atom. The first-order valence-electron chi connectivity index (χ1n) is 8.82. The van der Waals surface area contributed by atoms with Crippen LogP contribution in [0.4, 0.5) is 0 Å². The molecule has 0 atom stereocenters. The number of rotatable bonds is 9. The number of hydrogen-bond donors (Lipinski definition) is 0. The molecular formula is C21H26ClNO3. The molecule has 2 aromatic rings. The second kappa shape index (κ2) is 10.1. The summed E-state index contributed by atoms with van der Waals surface area (Å²) in [7, 11) is 1.76. The second-order valence-electron chi connectivity index (χ2n) is 6.58. The summed E-state index contributed by atoms with van der Waals surface area (Å²) in [6, 6.07) is 14.4. The molecule has 0 unspecified atom stereocenters. The number of nitrogens with zero attached hydrogens (tertiary/aromatic N) is 1. The lowest BCUT2D eigenvalue weighted by atomic mass is 10.1. The van der Waals surface area contributed by atoms with Gasteiger partial charge in [0.1, 0.15) is 18.1 Å². The highest BCUT2D eigenvalue weighted by molar-refractivity contribution is 6.30. The van der Waals surface area contributed by atoms with Crippen molar-refractivity contribution in [3.63, 3.8) is 0 Å². The van der Waals surface area contributed by atoms with E-state index in [2.05, 4.69) is 13.8 Å². The van der Waals surface area contributed by atoms with Crippen LogP contribution >= 0.6 is 11.6 Å². The van der Waals surface area contributed by atoms with Crippen LogP contribution in [-0.2, 0) is 0 Å². The SMILES string of the molecule is CC(C)CCOc1ccc(C(=O)N(C)CCOc2ccc(Cl)cc2)cc1. The molecule has 0 N–H and O–H groups in total. The van der Waals surface area contributed by atoms with Gasteiger partial charge in [0, 0.05) is 17.6 Å². The largest absolute Gasteiger partial charge is 0.494 e. The summed E-state index contributed by atoms with van der Waals surface area (Å²) in [4.78, 5) is 14.1. The average molecular weight is 376 g/mol. The molecule has 0 spiro atoms. The quantitative estimate of drug-likeness (QED) is 0.624. The molecule has 2 rings (SSSR count). The average Bonchev–Trinajstić information content (AvgIpc) is 2.63. The minimum Gasteiger partial charge on any atom is -0.494 e. The van der Waals surface area contributed by atoms with Crippen molar-refractivity contribution in [3.05, 3.63) is 59.1 Å². The Morgan fingerprint density at radius 2 is 1.50 bits per heavy atom. The van der Waals surface area contributed by atoms with Gasteiger partial charge < -0.3 is 14.4 Å². The zero-order valence-electron chi connectivity index (χ0n) is 15.6. The summed E-state index contributed by atoms with van der Waals surface area (Å²) >= 11 is 5.84. The van der Waals surface area contributed by atoms with Gasteiger partial charge in [0.15, 0.2) is 0 Å². The number of benzene rings is 2. The van der Waals surface area contributed by atoms with Gasteiger partial charge in [-0.25, -0.2) is 0 Å². The fourth-order valence-electron chi connectivity index (χ4n) is 2.26. The first kappa shape index (κ1) is 20.1. The minimum absolute atomic E-state index is 0.0431. The Kier molecular flexibility index (Phi) is 7.79. The normalized spacial score (nSPS) is 10.7. The maximum Gasteiger partial charge on any atom is 0.253 e. The van der Waals surface area contributed by atoms with Gasteiger partial charge >= 0.3 is 0 Å². The van der Waals surface area contributed by atoms with Gasteiger partial charge in [-0.15, -0.1) is 0 Å². The van der Waals surface area contributed by atoms with Gasteiger partial charge in [0.2, 0.25) is 0 Å². The van der Waals surface area contributed by atoms with E-state index in [1.54, 1.807) is 36.2 Å². The molecule has 140 valence electrons. The summed E-state index contributed by atoms with van der Waals surface area (Å²) in [5, 5.41) is 0.668. The Labute approximate surface area is 160 Å². The molecule has 4 nitrogen and oxygen atoms in total. The maximum absolute atomic E-state index is 12.5. The third-order valence-corrected chi connectivity index (χ3v) is 4.17. The van der Waals surface area contributed by atoms with E-state index >= 15 is 0 Å². The smallest absolute Gasteiger partial charge is 0.253 e. The van der Waals surface area contributed by atoms with Gasteiger partial charge in [0.05, 0.1) is 13.2 Å². The topological polar surface area (TPSA) is 38.8 Å². The van der Waals surface area contributed by atoms with Crippen molar-refractivity contribution < 1.29 is 14.3 Å². The molecule has 0 heterocycles. The lowest BCUT2D eigenvalue weighted by molar-refractivity contribution is 0.0773. The molecule has 0 aliphatic rings. The van der Waals surface area contributed by atoms with E-state index in [0.29, 0.717) is 36.3 Å². The highest BCUT2D eigenvalue weighted by atomic mass is 35.5. The predicted octanol–water partition coefficient (Wildman–Crippen LogP) is 4.92. The lowest BCUT2D eigenvalue weighted by Gasteiger charge is -2.18. The number of hydrogen-bond acceptors (Lipinski definition) is 3. The van der Waals surface area contributed by atoms with Crippen LogP contribution in [0.5, 0.6) is 11.5 Å². The fourth-order valence-corrected chi connectivity index (χ4v) is 2.39. The highest BCUT2D eigenvalue weighted by Crippen LogP contribution is 2.16. The van der Waals surface area contributed by atoms with Crippen molar-refractivity contribution in [2.24, 2.45) is 5.92 Å². The van der Waals surface area contributed by atoms with Crippen LogP contribution in [0.1, 0.15) is 30.6 Å². The van der Waals surface area contributed by atoms with Gasteiger partial charge in [-0.1, -0.05) is 25.4 Å². The third-order valence-electron chi connectivity index (χ3n) is 3.92. The Bertz CT molecular complexity index is 683. The van der Waals surface area contributed by atoms with E-state index in [4.69, 9.17) is 21.1 Å². The Balaban J connectivity index is 1.78. The number of halogens is 1. The monoisotopic (exact) mass is 375 g/mol. The summed E-state index contributed by atoms with van der Waals surface area (Å²) in [6.07, 6.45) is 1.01. The van der Waals surface area contributed by atoms with E-state index in [1.165, 1.54) is 0 Å². The maximum atomic E-state index is 12.5. The van der Waals surface area contributed by atoms with Crippen LogP contribution in [0.25, 0.3) is 0 Å². The molecule has 5 heteroatoms. The van der Waals surface area contributed by atoms with Gasteiger partial charge in [-0.3, -0.25) is 4.79 Å². The molecule has 2 aromatic carbocycles. The molecule has 26 heavy (non-hydrogen) atoms. The van der Waals surface area contributed by atoms with Gasteiger partial charge in [0.25, 0.3) is 5.91 Å². The van der Waals surface area contributed by atoms with Crippen LogP contribution in [0, 0.1) is 5.92 Å². The number of carbonyl (C=O) groups is 1. The summed E-state index contributed by atoms with van der Waals surface area (Å²) in [5.41, 5.74) is 0.634. The number of likely N-dealkylation sites (N-methyl/N-ethyl adjacent to an activating group) is 1. The van der Waals surface area contributed by atoms with E-state index < -0.39 is 0 Å². The summed E-state index contributed by atoms with van der Waals surface area (Å²) < 4.78 is 11.3. The fraction of sp³-hybridized carbons (Fsp3) is 0.381. The highest BCUT2D eigenvalue weighted by Gasteiger charge is 2.11. The first-order valence-corrected chi connectivity index (χ1v) is 9.20. The number of ether oxygens (including phenoxy) is 2. The van der Waals surface area contributed by atoms with Crippen LogP contribution < -0.4 is 9.47 Å². The molecule has 0 bridgehead atoms. The van der Waals surface area contributed by atoms with E-state index in [-0.39, 0.29) is 5.91 Å². The van der Waals surface area contributed by atoms with Crippen LogP contribution in [-0.4, -0.2) is 37.6 Å². The van der Waals surface area contributed by atoms with Crippen molar-refractivity contribution in [2.75, 3.05) is 26.8 Å². The zero-order chi connectivity index (χ0) is 18.9. The van der Waals surface area contributed by atoms with Gasteiger partial charge in [-0.2, -0.15) is 0 Å². The first-order chi connectivity index (χ1) is 12.5. The van der Waals surface area contributed by atoms with Crippen molar-refractivity contribution >= 4 is 17.5 Å². The zero-order valence-corrected chi connectivity index (χ0v) is 16.3. The lowest BCUT2D eigenvalue weighted by Crippen LogP contribution is -2.30. The van der Waals surface area contributed by atoms with Gasteiger partial charge in [-0.05, 0) is 60.9 Å². The van der Waals surface area contributed by atoms with Crippen molar-refractivity contribution in [3.8, 4) is 11.5 Å². The van der Waals surface area contributed by atoms with E-state index in [9.17, 15) is 4.79 Å². The molecule has 0 radical (unpaired) electrons. The van der Waals surface area contributed by atoms with E-state index in [1.807, 2.05) is 24.3 Å². The molecule has 0 aliphatic carbocycles. The Morgan fingerprint density at radius 3 is 2.08 bits per heavy atom. The molecule has 1 amide bonds. The molecule has 0 aromatic heterocycles. The molecular weight excluding hydrogens is 350 g/mol. The minimum atomic E-state index is -0.0431. The molecule has 0 saturated carbocycles. The van der Waals surface area contributed by atoms with Crippen molar-refractivity contribution in [1.82, 2.24) is 4.90 Å². The van der Waals surface area contributed by atoms with Crippen LogP contribution in [0.2, 0.25) is 5.02 Å². The van der Waals surface area contributed by atoms with Crippen LogP contribution in [0.3, 0.4) is 0 Å². The number of amides is 1. The second-order valence-corrected chi connectivity index (χ2v) is 7.02. The van der Waals surface area contributed by atoms with Crippen molar-refractivity contribution in [1.29, 1.82) is 0 Å². The molecule has 0 aliphatic heterocycles. The summed E-state index contributed by atoms with van der Waals surface area (Å²) in [5.74, 6) is 2.09. The summed E-state index contributed by atoms with van der Waals surface area (Å²) in [6.45, 7) is 5.93. The predicted molar refractivity (Wildman–Crippen MR) is 105 cm³/mol. The molecule has 0 saturated heterocycles. The molecule has 0 fully saturated rings.